The Kier molecular flexibility index (Phi) is 7.17. The first kappa shape index (κ1) is 17.3. The third-order valence-electron chi connectivity index (χ3n) is 4.86. The molecule has 1 amide bonds. The fourth-order valence-electron chi connectivity index (χ4n) is 3.51. The first-order valence-electron chi connectivity index (χ1n) is 9.07. The summed E-state index contributed by atoms with van der Waals surface area (Å²) in [5, 5.41) is 3.07. The number of amides is 1. The fraction of sp³-hybridized carbons (Fsp3) is 0.737. The number of carbonyl (C=O) groups excluding carboxylic acids is 1. The minimum absolute atomic E-state index is 0.143. The molecule has 2 aliphatic rings. The molecule has 1 N–H and O–H groups in total. The van der Waals surface area contributed by atoms with Gasteiger partial charge in [-0.2, -0.15) is 0 Å². The predicted molar refractivity (Wildman–Crippen MR) is 92.5 cm³/mol. The molecular weight excluding hydrogens is 272 g/mol. The van der Waals surface area contributed by atoms with Gasteiger partial charge in [-0.1, -0.05) is 37.8 Å². The zero-order valence-corrected chi connectivity index (χ0v) is 14.4. The number of nitrogens with one attached hydrogen (secondary N) is 1. The number of likely N-dealkylation sites (tertiary alicyclic amines) is 1. The van der Waals surface area contributed by atoms with Crippen molar-refractivity contribution in [2.24, 2.45) is 5.92 Å². The lowest BCUT2D eigenvalue weighted by atomic mass is 9.95. The van der Waals surface area contributed by atoms with Gasteiger partial charge in [0.2, 0.25) is 5.91 Å². The van der Waals surface area contributed by atoms with Crippen LogP contribution in [0, 0.1) is 5.92 Å². The highest BCUT2D eigenvalue weighted by Gasteiger charge is 2.18. The lowest BCUT2D eigenvalue weighted by molar-refractivity contribution is -0.121. The predicted octanol–water partition coefficient (Wildman–Crippen LogP) is 4.02. The van der Waals surface area contributed by atoms with Crippen LogP contribution in [0.1, 0.15) is 65.2 Å². The Morgan fingerprint density at radius 1 is 1.36 bits per heavy atom. The first-order valence-corrected chi connectivity index (χ1v) is 9.07. The van der Waals surface area contributed by atoms with Crippen LogP contribution in [0.25, 0.3) is 0 Å². The van der Waals surface area contributed by atoms with Crippen LogP contribution in [-0.2, 0) is 4.79 Å². The quantitative estimate of drug-likeness (QED) is 0.804. The van der Waals surface area contributed by atoms with Gasteiger partial charge in [0, 0.05) is 5.70 Å². The van der Waals surface area contributed by atoms with Crippen molar-refractivity contribution in [2.75, 3.05) is 19.6 Å². The number of nitrogens with zero attached hydrogens (tertiary/aromatic N) is 1. The third kappa shape index (κ3) is 5.96. The molecule has 1 atom stereocenters. The average Bonchev–Trinajstić information content (AvgIpc) is 2.70. The third-order valence-corrected chi connectivity index (χ3v) is 4.86. The Balaban J connectivity index is 1.74. The summed E-state index contributed by atoms with van der Waals surface area (Å²) in [6, 6.07) is 0. The average molecular weight is 304 g/mol. The number of allylic oxidation sites excluding steroid dienone is 3. The van der Waals surface area contributed by atoms with E-state index in [0.29, 0.717) is 6.54 Å². The Bertz CT molecular complexity index is 425. The Morgan fingerprint density at radius 2 is 2.23 bits per heavy atom. The molecule has 1 unspecified atom stereocenters. The molecule has 0 aromatic heterocycles. The molecule has 0 aromatic carbocycles. The molecule has 1 saturated heterocycles. The van der Waals surface area contributed by atoms with Crippen LogP contribution in [-0.4, -0.2) is 30.4 Å². The van der Waals surface area contributed by atoms with Crippen molar-refractivity contribution >= 4 is 5.91 Å². The zero-order valence-electron chi connectivity index (χ0n) is 14.4. The molecule has 2 rings (SSSR count). The lowest BCUT2D eigenvalue weighted by Gasteiger charge is -2.20. The fourth-order valence-corrected chi connectivity index (χ4v) is 3.51. The van der Waals surface area contributed by atoms with Crippen molar-refractivity contribution < 1.29 is 4.79 Å². The van der Waals surface area contributed by atoms with E-state index >= 15 is 0 Å². The van der Waals surface area contributed by atoms with Gasteiger partial charge in [0.05, 0.1) is 6.54 Å². The molecule has 22 heavy (non-hydrogen) atoms. The van der Waals surface area contributed by atoms with Crippen molar-refractivity contribution in [1.82, 2.24) is 10.2 Å². The topological polar surface area (TPSA) is 32.3 Å². The summed E-state index contributed by atoms with van der Waals surface area (Å²) in [7, 11) is 0. The maximum absolute atomic E-state index is 12.2. The summed E-state index contributed by atoms with van der Waals surface area (Å²) in [4.78, 5) is 14.6. The second-order valence-electron chi connectivity index (χ2n) is 6.95. The van der Waals surface area contributed by atoms with E-state index < -0.39 is 0 Å². The Hall–Kier alpha value is -1.09. The number of hydrogen-bond donors (Lipinski definition) is 1. The van der Waals surface area contributed by atoms with Crippen molar-refractivity contribution in [3.63, 3.8) is 0 Å². The van der Waals surface area contributed by atoms with Crippen LogP contribution in [0.4, 0.5) is 0 Å². The Morgan fingerprint density at radius 3 is 3.00 bits per heavy atom. The lowest BCUT2D eigenvalue weighted by Crippen LogP contribution is -2.37. The normalized spacial score (nSPS) is 23.5. The van der Waals surface area contributed by atoms with E-state index in [9.17, 15) is 4.79 Å². The number of rotatable bonds is 6. The van der Waals surface area contributed by atoms with Crippen LogP contribution >= 0.6 is 0 Å². The van der Waals surface area contributed by atoms with Crippen molar-refractivity contribution in [2.45, 2.75) is 65.2 Å². The second-order valence-corrected chi connectivity index (χ2v) is 6.95. The van der Waals surface area contributed by atoms with Crippen molar-refractivity contribution in [3.8, 4) is 0 Å². The standard InChI is InChI=1S/C19H32N2O/c1-3-4-8-17-9-6-12-21(13-11-17)15-19(22)20-18-10-5-7-16(2)14-18/h10,14,17H,3-9,11-13,15H2,1-2H3,(H,20,22). The summed E-state index contributed by atoms with van der Waals surface area (Å²) in [6.07, 6.45) is 14.2. The van der Waals surface area contributed by atoms with E-state index in [4.69, 9.17) is 0 Å². The largest absolute Gasteiger partial charge is 0.325 e. The van der Waals surface area contributed by atoms with Gasteiger partial charge in [0.1, 0.15) is 0 Å². The molecule has 1 aliphatic carbocycles. The highest BCUT2D eigenvalue weighted by Crippen LogP contribution is 2.22. The highest BCUT2D eigenvalue weighted by molar-refractivity contribution is 5.80. The van der Waals surface area contributed by atoms with Gasteiger partial charge < -0.3 is 5.32 Å². The van der Waals surface area contributed by atoms with Crippen LogP contribution < -0.4 is 5.32 Å². The van der Waals surface area contributed by atoms with Gasteiger partial charge in [0.25, 0.3) is 0 Å². The molecule has 0 saturated carbocycles. The minimum Gasteiger partial charge on any atom is -0.325 e. The summed E-state index contributed by atoms with van der Waals surface area (Å²) in [5.74, 6) is 1.02. The number of carbonyl (C=O) groups is 1. The van der Waals surface area contributed by atoms with E-state index in [1.807, 2.05) is 0 Å². The zero-order chi connectivity index (χ0) is 15.8. The summed E-state index contributed by atoms with van der Waals surface area (Å²) in [5.41, 5.74) is 2.34. The summed E-state index contributed by atoms with van der Waals surface area (Å²) < 4.78 is 0. The molecule has 3 nitrogen and oxygen atoms in total. The second kappa shape index (κ2) is 9.14. The molecule has 3 heteroatoms. The molecule has 0 bridgehead atoms. The van der Waals surface area contributed by atoms with E-state index in [1.165, 1.54) is 44.1 Å². The van der Waals surface area contributed by atoms with Crippen LogP contribution in [0.2, 0.25) is 0 Å². The SMILES string of the molecule is CCCCC1CCCN(CC(=O)NC2=CCCC(C)=C2)CC1. The number of hydrogen-bond acceptors (Lipinski definition) is 2. The number of unbranched alkanes of at least 4 members (excludes halogenated alkanes) is 1. The van der Waals surface area contributed by atoms with Gasteiger partial charge in [-0.25, -0.2) is 0 Å². The molecule has 0 radical (unpaired) electrons. The molecule has 1 aliphatic heterocycles. The van der Waals surface area contributed by atoms with Crippen LogP contribution in [0.3, 0.4) is 0 Å². The van der Waals surface area contributed by atoms with E-state index in [0.717, 1.165) is 37.5 Å². The molecule has 0 aromatic rings. The molecule has 1 heterocycles. The van der Waals surface area contributed by atoms with Crippen molar-refractivity contribution in [1.29, 1.82) is 0 Å². The van der Waals surface area contributed by atoms with Gasteiger partial charge in [0.15, 0.2) is 0 Å². The maximum atomic E-state index is 12.2. The summed E-state index contributed by atoms with van der Waals surface area (Å²) >= 11 is 0. The molecule has 124 valence electrons. The molecule has 0 spiro atoms. The molecule has 1 fully saturated rings. The van der Waals surface area contributed by atoms with Gasteiger partial charge in [-0.15, -0.1) is 0 Å². The van der Waals surface area contributed by atoms with Crippen LogP contribution in [0.5, 0.6) is 0 Å². The van der Waals surface area contributed by atoms with E-state index in [-0.39, 0.29) is 5.91 Å². The van der Waals surface area contributed by atoms with E-state index in [2.05, 4.69) is 36.2 Å². The monoisotopic (exact) mass is 304 g/mol. The highest BCUT2D eigenvalue weighted by atomic mass is 16.2. The van der Waals surface area contributed by atoms with Gasteiger partial charge >= 0.3 is 0 Å². The van der Waals surface area contributed by atoms with Gasteiger partial charge in [-0.05, 0) is 64.1 Å². The first-order chi connectivity index (χ1) is 10.7. The smallest absolute Gasteiger partial charge is 0.238 e. The summed E-state index contributed by atoms with van der Waals surface area (Å²) in [6.45, 7) is 7.10. The van der Waals surface area contributed by atoms with E-state index in [1.54, 1.807) is 0 Å². The van der Waals surface area contributed by atoms with Gasteiger partial charge in [-0.3, -0.25) is 9.69 Å². The molecular formula is C19H32N2O. The van der Waals surface area contributed by atoms with Crippen molar-refractivity contribution in [3.05, 3.63) is 23.4 Å². The van der Waals surface area contributed by atoms with Crippen LogP contribution in [0.15, 0.2) is 23.4 Å². The Labute approximate surface area is 135 Å². The maximum Gasteiger partial charge on any atom is 0.238 e. The minimum atomic E-state index is 0.143.